The van der Waals surface area contributed by atoms with E-state index in [1.165, 1.54) is 12.1 Å². The molecule has 0 fully saturated rings. The number of phenols is 1. The maximum atomic E-state index is 12.1. The molecular weight excluding hydrogens is 376 g/mol. The number of halogens is 1. The molecule has 0 amide bonds. The van der Waals surface area contributed by atoms with Gasteiger partial charge in [0.25, 0.3) is 0 Å². The van der Waals surface area contributed by atoms with Crippen LogP contribution in [0.1, 0.15) is 21.5 Å². The van der Waals surface area contributed by atoms with Gasteiger partial charge in [0, 0.05) is 27.1 Å². The van der Waals surface area contributed by atoms with Crippen molar-refractivity contribution in [3.8, 4) is 5.75 Å². The molecule has 0 radical (unpaired) electrons. The van der Waals surface area contributed by atoms with Gasteiger partial charge in [0.1, 0.15) is 17.9 Å². The highest BCUT2D eigenvalue weighted by Gasteiger charge is 2.13. The minimum atomic E-state index is -0.564. The number of fused-ring (bicyclic) bond motifs is 1. The summed E-state index contributed by atoms with van der Waals surface area (Å²) in [5, 5.41) is 10.4. The third kappa shape index (κ3) is 3.19. The summed E-state index contributed by atoms with van der Waals surface area (Å²) < 4.78 is 11.3. The Bertz CT molecular complexity index is 973. The van der Waals surface area contributed by atoms with E-state index in [0.717, 1.165) is 4.47 Å². The van der Waals surface area contributed by atoms with Crippen molar-refractivity contribution in [3.05, 3.63) is 74.0 Å². The quantitative estimate of drug-likeness (QED) is 0.543. The van der Waals surface area contributed by atoms with Crippen LogP contribution in [0.25, 0.3) is 11.0 Å². The second-order valence-corrected chi connectivity index (χ2v) is 6.18. The number of carbonyl (C=O) groups is 1. The van der Waals surface area contributed by atoms with Crippen LogP contribution in [0.2, 0.25) is 0 Å². The number of esters is 1. The molecule has 24 heavy (non-hydrogen) atoms. The first-order valence-electron chi connectivity index (χ1n) is 7.13. The molecular formula is C18H13BrO5. The summed E-state index contributed by atoms with van der Waals surface area (Å²) in [6, 6.07) is 11.2. The second-order valence-electron chi connectivity index (χ2n) is 5.26. The first-order valence-corrected chi connectivity index (χ1v) is 7.93. The Hall–Kier alpha value is -2.60. The predicted molar refractivity (Wildman–Crippen MR) is 92.1 cm³/mol. The van der Waals surface area contributed by atoms with Gasteiger partial charge in [-0.3, -0.25) is 0 Å². The summed E-state index contributed by atoms with van der Waals surface area (Å²) in [6.45, 7) is 1.58. The molecule has 3 rings (SSSR count). The normalized spacial score (nSPS) is 10.8. The van der Waals surface area contributed by atoms with E-state index in [2.05, 4.69) is 15.9 Å². The zero-order valence-electron chi connectivity index (χ0n) is 12.7. The molecule has 0 unspecified atom stereocenters. The van der Waals surface area contributed by atoms with Crippen LogP contribution >= 0.6 is 15.9 Å². The number of ether oxygens (including phenoxy) is 1. The Balaban J connectivity index is 1.90. The topological polar surface area (TPSA) is 76.7 Å². The lowest BCUT2D eigenvalue weighted by Gasteiger charge is -2.09. The summed E-state index contributed by atoms with van der Waals surface area (Å²) in [5.41, 5.74) is 1.13. The third-order valence-corrected chi connectivity index (χ3v) is 4.19. The Morgan fingerprint density at radius 1 is 1.21 bits per heavy atom. The van der Waals surface area contributed by atoms with Gasteiger partial charge in [-0.05, 0) is 43.3 Å². The molecule has 0 saturated carbocycles. The van der Waals surface area contributed by atoms with E-state index in [0.29, 0.717) is 22.1 Å². The highest BCUT2D eigenvalue weighted by molar-refractivity contribution is 9.10. The molecule has 0 atom stereocenters. The summed E-state index contributed by atoms with van der Waals surface area (Å²) in [5.74, 6) is -0.450. The van der Waals surface area contributed by atoms with Crippen molar-refractivity contribution in [2.45, 2.75) is 13.5 Å². The van der Waals surface area contributed by atoms with Crippen molar-refractivity contribution < 1.29 is 19.1 Å². The lowest BCUT2D eigenvalue weighted by Crippen LogP contribution is -2.08. The fourth-order valence-electron chi connectivity index (χ4n) is 2.35. The van der Waals surface area contributed by atoms with E-state index in [4.69, 9.17) is 9.15 Å². The maximum Gasteiger partial charge on any atom is 0.338 e. The number of benzene rings is 2. The van der Waals surface area contributed by atoms with Gasteiger partial charge in [0.15, 0.2) is 0 Å². The van der Waals surface area contributed by atoms with Crippen LogP contribution in [0.15, 0.2) is 56.1 Å². The fraction of sp³-hybridized carbons (Fsp3) is 0.111. The van der Waals surface area contributed by atoms with E-state index in [-0.39, 0.29) is 17.9 Å². The molecule has 6 heteroatoms. The van der Waals surface area contributed by atoms with Gasteiger partial charge in [0.2, 0.25) is 0 Å². The van der Waals surface area contributed by atoms with Crippen LogP contribution in [-0.4, -0.2) is 11.1 Å². The maximum absolute atomic E-state index is 12.1. The lowest BCUT2D eigenvalue weighted by molar-refractivity contribution is 0.0474. The van der Waals surface area contributed by atoms with Crippen LogP contribution in [0, 0.1) is 6.92 Å². The van der Waals surface area contributed by atoms with Gasteiger partial charge in [-0.25, -0.2) is 9.59 Å². The van der Waals surface area contributed by atoms with Crippen LogP contribution in [0.5, 0.6) is 5.75 Å². The van der Waals surface area contributed by atoms with Gasteiger partial charge in [-0.15, -0.1) is 0 Å². The summed E-state index contributed by atoms with van der Waals surface area (Å²) >= 11 is 3.30. The van der Waals surface area contributed by atoms with Crippen LogP contribution in [0.4, 0.5) is 0 Å². The summed E-state index contributed by atoms with van der Waals surface area (Å²) in [6.07, 6.45) is 0. The first kappa shape index (κ1) is 16.3. The Morgan fingerprint density at radius 3 is 2.62 bits per heavy atom. The van der Waals surface area contributed by atoms with Crippen molar-refractivity contribution in [1.82, 2.24) is 0 Å². The minimum Gasteiger partial charge on any atom is -0.508 e. The molecule has 0 aliphatic heterocycles. The largest absolute Gasteiger partial charge is 0.508 e. The van der Waals surface area contributed by atoms with Crippen molar-refractivity contribution in [2.75, 3.05) is 0 Å². The zero-order valence-corrected chi connectivity index (χ0v) is 14.3. The van der Waals surface area contributed by atoms with Crippen molar-refractivity contribution in [1.29, 1.82) is 0 Å². The average Bonchev–Trinajstić information content (AvgIpc) is 2.56. The Morgan fingerprint density at radius 2 is 1.92 bits per heavy atom. The van der Waals surface area contributed by atoms with Gasteiger partial charge in [0.05, 0.1) is 5.56 Å². The van der Waals surface area contributed by atoms with E-state index >= 15 is 0 Å². The summed E-state index contributed by atoms with van der Waals surface area (Å²) in [4.78, 5) is 23.8. The molecule has 0 saturated heterocycles. The van der Waals surface area contributed by atoms with E-state index in [1.807, 2.05) is 0 Å². The molecule has 122 valence electrons. The summed E-state index contributed by atoms with van der Waals surface area (Å²) in [7, 11) is 0. The average molecular weight is 389 g/mol. The highest BCUT2D eigenvalue weighted by Crippen LogP contribution is 2.27. The number of aryl methyl sites for hydroxylation is 1. The number of carbonyl (C=O) groups excluding carboxylic acids is 1. The smallest absolute Gasteiger partial charge is 0.338 e. The van der Waals surface area contributed by atoms with Crippen molar-refractivity contribution >= 4 is 32.9 Å². The number of aromatic hydroxyl groups is 1. The van der Waals surface area contributed by atoms with Gasteiger partial charge in [-0.1, -0.05) is 15.9 Å². The Labute approximate surface area is 145 Å². The molecule has 1 heterocycles. The molecule has 2 aromatic carbocycles. The van der Waals surface area contributed by atoms with E-state index in [1.54, 1.807) is 37.3 Å². The van der Waals surface area contributed by atoms with Gasteiger partial charge in [-0.2, -0.15) is 0 Å². The van der Waals surface area contributed by atoms with Crippen LogP contribution in [0.3, 0.4) is 0 Å². The molecule has 1 aromatic heterocycles. The first-order chi connectivity index (χ1) is 11.5. The zero-order chi connectivity index (χ0) is 17.3. The van der Waals surface area contributed by atoms with Crippen molar-refractivity contribution in [3.63, 3.8) is 0 Å². The predicted octanol–water partition coefficient (Wildman–Crippen LogP) is 3.93. The molecule has 0 spiro atoms. The molecule has 5 nitrogen and oxygen atoms in total. The second kappa shape index (κ2) is 6.49. The minimum absolute atomic E-state index is 0.0367. The van der Waals surface area contributed by atoms with Crippen LogP contribution in [-0.2, 0) is 11.3 Å². The molecule has 0 aliphatic carbocycles. The molecule has 1 N–H and O–H groups in total. The number of hydrogen-bond donors (Lipinski definition) is 1. The number of hydrogen-bond acceptors (Lipinski definition) is 5. The fourth-order valence-corrected chi connectivity index (χ4v) is 2.61. The van der Waals surface area contributed by atoms with E-state index in [9.17, 15) is 14.7 Å². The van der Waals surface area contributed by atoms with Gasteiger partial charge < -0.3 is 14.3 Å². The molecule has 0 bridgehead atoms. The van der Waals surface area contributed by atoms with E-state index < -0.39 is 11.6 Å². The highest BCUT2D eigenvalue weighted by atomic mass is 79.9. The lowest BCUT2D eigenvalue weighted by atomic mass is 10.1. The third-order valence-electron chi connectivity index (χ3n) is 3.66. The molecule has 0 aliphatic rings. The number of rotatable bonds is 3. The van der Waals surface area contributed by atoms with Crippen molar-refractivity contribution in [2.24, 2.45) is 0 Å². The number of phenolic OH excluding ortho intramolecular Hbond substituents is 1. The molecule has 3 aromatic rings. The van der Waals surface area contributed by atoms with Crippen LogP contribution < -0.4 is 5.63 Å². The monoisotopic (exact) mass is 388 g/mol. The Kier molecular flexibility index (Phi) is 4.40. The standard InChI is InChI=1S/C18H13BrO5/c1-10-15(20)7-6-14-12(8-16(21)24-17(10)14)9-23-18(22)11-2-4-13(19)5-3-11/h2-8,20H,9H2,1H3. The SMILES string of the molecule is Cc1c(O)ccc2c(COC(=O)c3ccc(Br)cc3)cc(=O)oc12. The van der Waals surface area contributed by atoms with Gasteiger partial charge >= 0.3 is 11.6 Å².